The second-order valence-electron chi connectivity index (χ2n) is 6.77. The smallest absolute Gasteiger partial charge is 0.227 e. The molecule has 0 spiro atoms. The van der Waals surface area contributed by atoms with E-state index in [4.69, 9.17) is 4.74 Å². The van der Waals surface area contributed by atoms with E-state index in [9.17, 15) is 4.79 Å². The predicted molar refractivity (Wildman–Crippen MR) is 93.8 cm³/mol. The van der Waals surface area contributed by atoms with Gasteiger partial charge in [0.2, 0.25) is 5.91 Å². The lowest BCUT2D eigenvalue weighted by atomic mass is 9.97. The van der Waals surface area contributed by atoms with E-state index in [0.29, 0.717) is 19.6 Å². The van der Waals surface area contributed by atoms with Crippen molar-refractivity contribution in [1.29, 1.82) is 0 Å². The molecule has 1 amide bonds. The molecule has 1 saturated carbocycles. The van der Waals surface area contributed by atoms with Gasteiger partial charge in [-0.2, -0.15) is 11.3 Å². The lowest BCUT2D eigenvalue weighted by Crippen LogP contribution is -2.37. The molecule has 4 nitrogen and oxygen atoms in total. The zero-order valence-electron chi connectivity index (χ0n) is 13.7. The van der Waals surface area contributed by atoms with Gasteiger partial charge in [0, 0.05) is 32.1 Å². The topological polar surface area (TPSA) is 42.4 Å². The van der Waals surface area contributed by atoms with Gasteiger partial charge in [-0.15, -0.1) is 0 Å². The van der Waals surface area contributed by atoms with Crippen molar-refractivity contribution in [3.63, 3.8) is 0 Å². The minimum atomic E-state index is 0.203. The van der Waals surface area contributed by atoms with E-state index in [1.54, 1.807) is 11.3 Å². The molecule has 2 aliphatic rings. The van der Waals surface area contributed by atoms with Crippen LogP contribution in [-0.2, 0) is 35.5 Å². The van der Waals surface area contributed by atoms with Gasteiger partial charge >= 0.3 is 0 Å². The molecule has 1 aliphatic carbocycles. The number of amides is 1. The van der Waals surface area contributed by atoms with Crippen LogP contribution < -0.4 is 0 Å². The van der Waals surface area contributed by atoms with Gasteiger partial charge in [-0.1, -0.05) is 0 Å². The van der Waals surface area contributed by atoms with Crippen molar-refractivity contribution in [3.8, 4) is 0 Å². The maximum absolute atomic E-state index is 12.5. The highest BCUT2D eigenvalue weighted by molar-refractivity contribution is 7.08. The van der Waals surface area contributed by atoms with E-state index in [0.717, 1.165) is 31.1 Å². The van der Waals surface area contributed by atoms with Crippen molar-refractivity contribution in [1.82, 2.24) is 9.88 Å². The Balaban J connectivity index is 1.40. The molecule has 1 aliphatic heterocycles. The lowest BCUT2D eigenvalue weighted by Gasteiger charge is -2.30. The van der Waals surface area contributed by atoms with Crippen molar-refractivity contribution in [3.05, 3.63) is 51.5 Å². The molecule has 0 atom stereocenters. The van der Waals surface area contributed by atoms with Gasteiger partial charge in [-0.05, 0) is 64.3 Å². The quantitative estimate of drug-likeness (QED) is 0.810. The minimum absolute atomic E-state index is 0.203. The molecule has 0 radical (unpaired) electrons. The van der Waals surface area contributed by atoms with Gasteiger partial charge in [0.1, 0.15) is 0 Å². The normalized spacial score (nSPS) is 16.9. The van der Waals surface area contributed by atoms with Crippen LogP contribution in [0, 0.1) is 5.92 Å². The Morgan fingerprint density at radius 1 is 1.38 bits per heavy atom. The number of pyridine rings is 1. The third kappa shape index (κ3) is 3.68. The SMILES string of the molecule is O=C(Cc1ccsc1)N1CCc2c(COCC3CC3)cncc2C1. The van der Waals surface area contributed by atoms with Crippen molar-refractivity contribution in [2.75, 3.05) is 13.2 Å². The fraction of sp³-hybridized carbons (Fsp3) is 0.474. The molecule has 24 heavy (non-hydrogen) atoms. The fourth-order valence-electron chi connectivity index (χ4n) is 3.21. The second kappa shape index (κ2) is 7.03. The Morgan fingerprint density at radius 3 is 3.08 bits per heavy atom. The maximum Gasteiger partial charge on any atom is 0.227 e. The van der Waals surface area contributed by atoms with E-state index in [1.807, 2.05) is 34.1 Å². The van der Waals surface area contributed by atoms with Crippen LogP contribution in [0.4, 0.5) is 0 Å². The van der Waals surface area contributed by atoms with Crippen LogP contribution in [0.2, 0.25) is 0 Å². The van der Waals surface area contributed by atoms with Gasteiger partial charge in [-0.3, -0.25) is 9.78 Å². The van der Waals surface area contributed by atoms with Crippen molar-refractivity contribution in [2.24, 2.45) is 5.92 Å². The molecule has 0 bridgehead atoms. The first-order chi connectivity index (χ1) is 11.8. The third-order valence-electron chi connectivity index (χ3n) is 4.83. The molecule has 0 aromatic carbocycles. The summed E-state index contributed by atoms with van der Waals surface area (Å²) in [5.41, 5.74) is 4.81. The Kier molecular flexibility index (Phi) is 4.63. The van der Waals surface area contributed by atoms with Gasteiger partial charge < -0.3 is 9.64 Å². The Hall–Kier alpha value is -1.72. The summed E-state index contributed by atoms with van der Waals surface area (Å²) in [7, 11) is 0. The summed E-state index contributed by atoms with van der Waals surface area (Å²) in [4.78, 5) is 18.8. The standard InChI is InChI=1S/C19H22N2O2S/c22-19(7-15-4-6-24-13-15)21-5-3-18-16(10-21)8-20-9-17(18)12-23-11-14-1-2-14/h4,6,8-9,13-14H,1-3,5,7,10-12H2. The monoisotopic (exact) mass is 342 g/mol. The third-order valence-corrected chi connectivity index (χ3v) is 5.56. The molecular formula is C19H22N2O2S. The zero-order valence-corrected chi connectivity index (χ0v) is 14.6. The first-order valence-corrected chi connectivity index (χ1v) is 9.55. The van der Waals surface area contributed by atoms with Gasteiger partial charge in [-0.25, -0.2) is 0 Å². The maximum atomic E-state index is 12.5. The molecule has 2 aromatic rings. The Labute approximate surface area is 146 Å². The number of nitrogens with zero attached hydrogens (tertiary/aromatic N) is 2. The Morgan fingerprint density at radius 2 is 2.29 bits per heavy atom. The average Bonchev–Trinajstić information content (AvgIpc) is 3.29. The largest absolute Gasteiger partial charge is 0.376 e. The number of hydrogen-bond donors (Lipinski definition) is 0. The van der Waals surface area contributed by atoms with Crippen molar-refractivity contribution in [2.45, 2.75) is 38.8 Å². The van der Waals surface area contributed by atoms with Gasteiger partial charge in [0.25, 0.3) is 0 Å². The molecule has 0 saturated heterocycles. The molecule has 5 heteroatoms. The molecule has 4 rings (SSSR count). The zero-order chi connectivity index (χ0) is 16.4. The number of carbonyl (C=O) groups excluding carboxylic acids is 1. The van der Waals surface area contributed by atoms with E-state index >= 15 is 0 Å². The average molecular weight is 342 g/mol. The number of ether oxygens (including phenoxy) is 1. The van der Waals surface area contributed by atoms with Crippen LogP contribution in [0.1, 0.15) is 35.1 Å². The molecular weight excluding hydrogens is 320 g/mol. The Bertz CT molecular complexity index is 710. The van der Waals surface area contributed by atoms with Crippen LogP contribution in [-0.4, -0.2) is 28.9 Å². The summed E-state index contributed by atoms with van der Waals surface area (Å²) < 4.78 is 5.83. The summed E-state index contributed by atoms with van der Waals surface area (Å²) in [5, 5.41) is 4.07. The highest BCUT2D eigenvalue weighted by atomic mass is 32.1. The lowest BCUT2D eigenvalue weighted by molar-refractivity contribution is -0.131. The highest BCUT2D eigenvalue weighted by Gasteiger charge is 2.24. The number of carbonyl (C=O) groups is 1. The van der Waals surface area contributed by atoms with E-state index in [-0.39, 0.29) is 5.91 Å². The van der Waals surface area contributed by atoms with E-state index < -0.39 is 0 Å². The number of hydrogen-bond acceptors (Lipinski definition) is 4. The summed E-state index contributed by atoms with van der Waals surface area (Å²) in [6.07, 6.45) is 7.85. The van der Waals surface area contributed by atoms with Crippen LogP contribution in [0.3, 0.4) is 0 Å². The molecule has 3 heterocycles. The highest BCUT2D eigenvalue weighted by Crippen LogP contribution is 2.29. The second-order valence-corrected chi connectivity index (χ2v) is 7.55. The molecule has 1 fully saturated rings. The summed E-state index contributed by atoms with van der Waals surface area (Å²) in [6, 6.07) is 2.03. The van der Waals surface area contributed by atoms with Crippen LogP contribution >= 0.6 is 11.3 Å². The predicted octanol–water partition coefficient (Wildman–Crippen LogP) is 3.20. The van der Waals surface area contributed by atoms with Gasteiger partial charge in [0.05, 0.1) is 13.0 Å². The first kappa shape index (κ1) is 15.8. The van der Waals surface area contributed by atoms with Crippen LogP contribution in [0.5, 0.6) is 0 Å². The van der Waals surface area contributed by atoms with Crippen molar-refractivity contribution >= 4 is 17.2 Å². The van der Waals surface area contributed by atoms with E-state index in [2.05, 4.69) is 4.98 Å². The molecule has 2 aromatic heterocycles. The summed E-state index contributed by atoms with van der Waals surface area (Å²) in [6.45, 7) is 2.97. The molecule has 0 unspecified atom stereocenters. The summed E-state index contributed by atoms with van der Waals surface area (Å²) >= 11 is 1.64. The fourth-order valence-corrected chi connectivity index (χ4v) is 3.87. The van der Waals surface area contributed by atoms with Crippen LogP contribution in [0.15, 0.2) is 29.2 Å². The number of fused-ring (bicyclic) bond motifs is 1. The van der Waals surface area contributed by atoms with Crippen molar-refractivity contribution < 1.29 is 9.53 Å². The molecule has 126 valence electrons. The number of rotatable bonds is 6. The minimum Gasteiger partial charge on any atom is -0.376 e. The van der Waals surface area contributed by atoms with Gasteiger partial charge in [0.15, 0.2) is 0 Å². The number of aromatic nitrogens is 1. The summed E-state index contributed by atoms with van der Waals surface area (Å²) in [5.74, 6) is 0.983. The van der Waals surface area contributed by atoms with E-state index in [1.165, 1.54) is 29.5 Å². The molecule has 0 N–H and O–H groups in total. The number of thiophene rings is 1. The first-order valence-electron chi connectivity index (χ1n) is 8.61. The van der Waals surface area contributed by atoms with Crippen LogP contribution in [0.25, 0.3) is 0 Å².